The molecular weight excluding hydrogens is 281 g/mol. The van der Waals surface area contributed by atoms with Gasteiger partial charge >= 0.3 is 0 Å². The second-order valence-corrected chi connectivity index (χ2v) is 7.07. The van der Waals surface area contributed by atoms with Crippen LogP contribution in [0.4, 0.5) is 10.2 Å². The largest absolute Gasteiger partial charge is 0.355 e. The van der Waals surface area contributed by atoms with Gasteiger partial charge in [-0.2, -0.15) is 0 Å². The van der Waals surface area contributed by atoms with Crippen molar-refractivity contribution in [2.75, 3.05) is 24.0 Å². The predicted octanol–water partition coefficient (Wildman–Crippen LogP) is 1.64. The van der Waals surface area contributed by atoms with E-state index >= 15 is 0 Å². The number of nitrogens with zero attached hydrogens (tertiary/aromatic N) is 3. The quantitative estimate of drug-likeness (QED) is 0.858. The summed E-state index contributed by atoms with van der Waals surface area (Å²) in [5, 5.41) is 0.304. The third-order valence-electron chi connectivity index (χ3n) is 3.13. The average Bonchev–Trinajstić information content (AvgIpc) is 2.35. The molecule has 0 amide bonds. The number of fused-ring (bicyclic) bond motifs is 1. The Morgan fingerprint density at radius 2 is 2.05 bits per heavy atom. The standard InChI is InChI=1S/C13H16FN3O2S/c1-9(7-20(3,18)19)17(2)13-12-10(14)5-4-6-11(12)15-8-16-13/h4-6,8-9H,7H2,1-3H3/t9-/m0/s1. The van der Waals surface area contributed by atoms with Gasteiger partial charge in [-0.1, -0.05) is 6.07 Å². The Hall–Kier alpha value is -1.76. The highest BCUT2D eigenvalue weighted by Gasteiger charge is 2.20. The van der Waals surface area contributed by atoms with Crippen molar-refractivity contribution in [1.82, 2.24) is 9.97 Å². The Morgan fingerprint density at radius 1 is 1.35 bits per heavy atom. The van der Waals surface area contributed by atoms with Crippen molar-refractivity contribution in [3.05, 3.63) is 30.3 Å². The molecule has 0 spiro atoms. The molecule has 0 aliphatic carbocycles. The molecular formula is C13H16FN3O2S. The van der Waals surface area contributed by atoms with Gasteiger partial charge in [0.25, 0.3) is 0 Å². The summed E-state index contributed by atoms with van der Waals surface area (Å²) in [5.74, 6) is -0.0514. The highest BCUT2D eigenvalue weighted by molar-refractivity contribution is 7.90. The molecule has 1 aromatic heterocycles. The zero-order chi connectivity index (χ0) is 14.9. The fraction of sp³-hybridized carbons (Fsp3) is 0.385. The first kappa shape index (κ1) is 14.6. The van der Waals surface area contributed by atoms with E-state index in [4.69, 9.17) is 0 Å². The van der Waals surface area contributed by atoms with E-state index in [1.165, 1.54) is 18.6 Å². The van der Waals surface area contributed by atoms with Crippen LogP contribution < -0.4 is 4.90 Å². The average molecular weight is 297 g/mol. The van der Waals surface area contributed by atoms with Crippen LogP contribution in [0, 0.1) is 5.82 Å². The Morgan fingerprint density at radius 3 is 2.70 bits per heavy atom. The zero-order valence-corrected chi connectivity index (χ0v) is 12.4. The van der Waals surface area contributed by atoms with Gasteiger partial charge in [-0.25, -0.2) is 22.8 Å². The summed E-state index contributed by atoms with van der Waals surface area (Å²) in [5.41, 5.74) is 0.494. The number of sulfone groups is 1. The van der Waals surface area contributed by atoms with Crippen molar-refractivity contribution in [2.24, 2.45) is 0 Å². The smallest absolute Gasteiger partial charge is 0.149 e. The minimum absolute atomic E-state index is 0.0244. The highest BCUT2D eigenvalue weighted by Crippen LogP contribution is 2.26. The number of rotatable bonds is 4. The molecule has 2 aromatic rings. The van der Waals surface area contributed by atoms with Crippen LogP contribution in [0.1, 0.15) is 6.92 Å². The summed E-state index contributed by atoms with van der Waals surface area (Å²) in [6, 6.07) is 4.29. The maximum Gasteiger partial charge on any atom is 0.149 e. The zero-order valence-electron chi connectivity index (χ0n) is 11.5. The van der Waals surface area contributed by atoms with Crippen LogP contribution in [0.15, 0.2) is 24.5 Å². The Bertz CT molecular complexity index is 728. The van der Waals surface area contributed by atoms with Crippen LogP contribution in [0.3, 0.4) is 0 Å². The van der Waals surface area contributed by atoms with E-state index in [2.05, 4.69) is 9.97 Å². The molecule has 1 heterocycles. The van der Waals surface area contributed by atoms with E-state index in [1.807, 2.05) is 0 Å². The summed E-state index contributed by atoms with van der Waals surface area (Å²) in [6.45, 7) is 1.76. The van der Waals surface area contributed by atoms with Gasteiger partial charge < -0.3 is 4.90 Å². The molecule has 0 fully saturated rings. The second kappa shape index (κ2) is 5.32. The maximum absolute atomic E-state index is 14.0. The lowest BCUT2D eigenvalue weighted by molar-refractivity contribution is 0.592. The van der Waals surface area contributed by atoms with E-state index in [-0.39, 0.29) is 11.8 Å². The number of hydrogen-bond acceptors (Lipinski definition) is 5. The van der Waals surface area contributed by atoms with Gasteiger partial charge in [-0.3, -0.25) is 0 Å². The molecule has 0 N–H and O–H groups in total. The normalized spacial score (nSPS) is 13.4. The SMILES string of the molecule is C[C@@H](CS(C)(=O)=O)N(C)c1ncnc2cccc(F)c12. The minimum atomic E-state index is -3.12. The first-order valence-corrected chi connectivity index (χ1v) is 8.15. The van der Waals surface area contributed by atoms with Gasteiger partial charge in [0.2, 0.25) is 0 Å². The number of benzene rings is 1. The summed E-state index contributed by atoms with van der Waals surface area (Å²) in [4.78, 5) is 9.78. The molecule has 1 atom stereocenters. The van der Waals surface area contributed by atoms with Crippen LogP contribution >= 0.6 is 0 Å². The van der Waals surface area contributed by atoms with E-state index in [0.717, 1.165) is 0 Å². The Balaban J connectivity index is 2.47. The van der Waals surface area contributed by atoms with Crippen molar-refractivity contribution in [3.8, 4) is 0 Å². The lowest BCUT2D eigenvalue weighted by atomic mass is 10.2. The summed E-state index contributed by atoms with van der Waals surface area (Å²) in [7, 11) is -1.42. The monoisotopic (exact) mass is 297 g/mol. The van der Waals surface area contributed by atoms with Crippen LogP contribution in [0.5, 0.6) is 0 Å². The van der Waals surface area contributed by atoms with E-state index in [0.29, 0.717) is 16.7 Å². The highest BCUT2D eigenvalue weighted by atomic mass is 32.2. The first-order valence-electron chi connectivity index (χ1n) is 6.09. The topological polar surface area (TPSA) is 63.2 Å². The van der Waals surface area contributed by atoms with Gasteiger partial charge in [0.15, 0.2) is 0 Å². The van der Waals surface area contributed by atoms with Crippen molar-refractivity contribution >= 4 is 26.6 Å². The molecule has 20 heavy (non-hydrogen) atoms. The van der Waals surface area contributed by atoms with E-state index in [9.17, 15) is 12.8 Å². The van der Waals surface area contributed by atoms with Gasteiger partial charge in [0.1, 0.15) is 27.8 Å². The molecule has 0 aliphatic heterocycles. The number of aromatic nitrogens is 2. The molecule has 5 nitrogen and oxygen atoms in total. The molecule has 108 valence electrons. The van der Waals surface area contributed by atoms with Crippen molar-refractivity contribution in [2.45, 2.75) is 13.0 Å². The van der Waals surface area contributed by atoms with Gasteiger partial charge in [-0.05, 0) is 19.1 Å². The molecule has 0 saturated heterocycles. The number of halogens is 1. The van der Waals surface area contributed by atoms with Crippen molar-refractivity contribution in [1.29, 1.82) is 0 Å². The number of hydrogen-bond donors (Lipinski definition) is 0. The molecule has 1 aromatic carbocycles. The van der Waals surface area contributed by atoms with Crippen LogP contribution in [-0.2, 0) is 9.84 Å². The second-order valence-electron chi connectivity index (χ2n) is 4.88. The number of anilines is 1. The molecule has 0 aliphatic rings. The third-order valence-corrected chi connectivity index (χ3v) is 4.22. The summed E-state index contributed by atoms with van der Waals surface area (Å²) in [6.07, 6.45) is 2.52. The van der Waals surface area contributed by atoms with E-state index in [1.54, 1.807) is 31.0 Å². The van der Waals surface area contributed by atoms with Crippen LogP contribution in [-0.4, -0.2) is 43.5 Å². The Labute approximate surface area is 117 Å². The molecule has 0 bridgehead atoms. The maximum atomic E-state index is 14.0. The lowest BCUT2D eigenvalue weighted by Crippen LogP contribution is -2.35. The summed E-state index contributed by atoms with van der Waals surface area (Å²) < 4.78 is 36.7. The van der Waals surface area contributed by atoms with Crippen LogP contribution in [0.25, 0.3) is 10.9 Å². The molecule has 0 saturated carbocycles. The van der Waals surface area contributed by atoms with E-state index < -0.39 is 15.7 Å². The van der Waals surface area contributed by atoms with Crippen molar-refractivity contribution in [3.63, 3.8) is 0 Å². The molecule has 0 radical (unpaired) electrons. The van der Waals surface area contributed by atoms with Gasteiger partial charge in [0, 0.05) is 19.3 Å². The first-order chi connectivity index (χ1) is 9.29. The molecule has 0 unspecified atom stereocenters. The Kier molecular flexibility index (Phi) is 3.89. The third kappa shape index (κ3) is 3.04. The lowest BCUT2D eigenvalue weighted by Gasteiger charge is -2.26. The van der Waals surface area contributed by atoms with Gasteiger partial charge in [-0.15, -0.1) is 0 Å². The van der Waals surface area contributed by atoms with Gasteiger partial charge in [0.05, 0.1) is 16.7 Å². The molecule has 2 rings (SSSR count). The van der Waals surface area contributed by atoms with Crippen molar-refractivity contribution < 1.29 is 12.8 Å². The fourth-order valence-electron chi connectivity index (χ4n) is 2.08. The summed E-state index contributed by atoms with van der Waals surface area (Å²) >= 11 is 0. The van der Waals surface area contributed by atoms with Crippen LogP contribution in [0.2, 0.25) is 0 Å². The fourth-order valence-corrected chi connectivity index (χ4v) is 3.18. The molecule has 7 heteroatoms. The minimum Gasteiger partial charge on any atom is -0.355 e. The predicted molar refractivity (Wildman–Crippen MR) is 77.1 cm³/mol.